The summed E-state index contributed by atoms with van der Waals surface area (Å²) in [5.74, 6) is 0.998. The fraction of sp³-hybridized carbons (Fsp3) is 0.611. The first kappa shape index (κ1) is 13.7. The molecule has 0 bridgehead atoms. The third-order valence-corrected chi connectivity index (χ3v) is 5.02. The number of hydrogen-bond acceptors (Lipinski definition) is 1. The molecule has 0 radical (unpaired) electrons. The van der Waals surface area contributed by atoms with E-state index in [0.29, 0.717) is 6.04 Å². The molecular formula is C18H25NO. The molecular weight excluding hydrogens is 246 g/mol. The number of carbonyl (C=O) groups excluding carboxylic acids is 1. The lowest BCUT2D eigenvalue weighted by Gasteiger charge is -2.42. The number of likely N-dealkylation sites (tertiary alicyclic amines) is 1. The Morgan fingerprint density at radius 3 is 2.35 bits per heavy atom. The van der Waals surface area contributed by atoms with Gasteiger partial charge >= 0.3 is 0 Å². The Labute approximate surface area is 122 Å². The summed E-state index contributed by atoms with van der Waals surface area (Å²) >= 11 is 0. The molecule has 1 amide bonds. The van der Waals surface area contributed by atoms with Crippen molar-refractivity contribution in [1.82, 2.24) is 4.90 Å². The quantitative estimate of drug-likeness (QED) is 0.787. The second-order valence-corrected chi connectivity index (χ2v) is 6.33. The molecule has 2 aliphatic rings. The smallest absolute Gasteiger partial charge is 0.254 e. The third kappa shape index (κ3) is 2.89. The highest BCUT2D eigenvalue weighted by Crippen LogP contribution is 2.34. The lowest BCUT2D eigenvalue weighted by molar-refractivity contribution is 0.0467. The van der Waals surface area contributed by atoms with Crippen molar-refractivity contribution >= 4 is 5.91 Å². The Morgan fingerprint density at radius 1 is 0.900 bits per heavy atom. The van der Waals surface area contributed by atoms with Crippen LogP contribution in [0.5, 0.6) is 0 Å². The van der Waals surface area contributed by atoms with Gasteiger partial charge in [-0.15, -0.1) is 0 Å². The van der Waals surface area contributed by atoms with Gasteiger partial charge in [0.2, 0.25) is 0 Å². The Hall–Kier alpha value is -1.31. The minimum absolute atomic E-state index is 0.251. The maximum absolute atomic E-state index is 12.8. The van der Waals surface area contributed by atoms with Crippen LogP contribution >= 0.6 is 0 Å². The number of hydrogen-bond donors (Lipinski definition) is 0. The van der Waals surface area contributed by atoms with Gasteiger partial charge in [0.15, 0.2) is 0 Å². The molecule has 1 aliphatic carbocycles. The molecule has 2 heteroatoms. The summed E-state index contributed by atoms with van der Waals surface area (Å²) in [6.07, 6.45) is 10.4. The predicted molar refractivity (Wildman–Crippen MR) is 81.7 cm³/mol. The van der Waals surface area contributed by atoms with E-state index in [-0.39, 0.29) is 5.91 Å². The van der Waals surface area contributed by atoms with Crippen molar-refractivity contribution in [2.45, 2.75) is 57.4 Å². The fourth-order valence-electron chi connectivity index (χ4n) is 3.97. The summed E-state index contributed by atoms with van der Waals surface area (Å²) in [5.41, 5.74) is 0.857. The van der Waals surface area contributed by atoms with Crippen LogP contribution in [-0.4, -0.2) is 23.4 Å². The van der Waals surface area contributed by atoms with Crippen molar-refractivity contribution in [1.29, 1.82) is 0 Å². The number of piperidine rings is 1. The zero-order valence-electron chi connectivity index (χ0n) is 12.3. The summed E-state index contributed by atoms with van der Waals surface area (Å²) in [4.78, 5) is 15.0. The molecule has 1 saturated carbocycles. The number of nitrogens with zero attached hydrogens (tertiary/aromatic N) is 1. The molecule has 0 aromatic heterocycles. The van der Waals surface area contributed by atoms with Crippen LogP contribution in [0.3, 0.4) is 0 Å². The van der Waals surface area contributed by atoms with Gasteiger partial charge in [-0.05, 0) is 50.2 Å². The van der Waals surface area contributed by atoms with Gasteiger partial charge < -0.3 is 4.90 Å². The van der Waals surface area contributed by atoms with Crippen molar-refractivity contribution in [2.75, 3.05) is 6.54 Å². The summed E-state index contributed by atoms with van der Waals surface area (Å²) in [7, 11) is 0. The molecule has 1 aliphatic heterocycles. The van der Waals surface area contributed by atoms with Crippen LogP contribution in [0.25, 0.3) is 0 Å². The molecule has 1 aromatic carbocycles. The van der Waals surface area contributed by atoms with Gasteiger partial charge in [0.1, 0.15) is 0 Å². The number of amides is 1. The lowest BCUT2D eigenvalue weighted by atomic mass is 9.79. The Kier molecular flexibility index (Phi) is 4.39. The topological polar surface area (TPSA) is 20.3 Å². The monoisotopic (exact) mass is 271 g/mol. The second kappa shape index (κ2) is 6.43. The molecule has 1 aromatic rings. The molecule has 1 saturated heterocycles. The van der Waals surface area contributed by atoms with E-state index < -0.39 is 0 Å². The third-order valence-electron chi connectivity index (χ3n) is 5.02. The minimum Gasteiger partial charge on any atom is -0.335 e. The molecule has 108 valence electrons. The first-order chi connectivity index (χ1) is 9.86. The lowest BCUT2D eigenvalue weighted by Crippen LogP contribution is -2.48. The van der Waals surface area contributed by atoms with Crippen molar-refractivity contribution in [2.24, 2.45) is 5.92 Å². The molecule has 3 rings (SSSR count). The Morgan fingerprint density at radius 2 is 1.60 bits per heavy atom. The first-order valence-corrected chi connectivity index (χ1v) is 8.22. The van der Waals surface area contributed by atoms with E-state index in [1.807, 2.05) is 30.3 Å². The molecule has 20 heavy (non-hydrogen) atoms. The summed E-state index contributed by atoms with van der Waals surface area (Å²) in [6.45, 7) is 0.953. The molecule has 1 heterocycles. The average Bonchev–Trinajstić information content (AvgIpc) is 2.56. The van der Waals surface area contributed by atoms with Crippen LogP contribution < -0.4 is 0 Å². The van der Waals surface area contributed by atoms with Crippen LogP contribution in [0.2, 0.25) is 0 Å². The largest absolute Gasteiger partial charge is 0.335 e. The highest BCUT2D eigenvalue weighted by Gasteiger charge is 2.33. The van der Waals surface area contributed by atoms with Crippen LogP contribution in [0, 0.1) is 5.92 Å². The first-order valence-electron chi connectivity index (χ1n) is 8.22. The molecule has 0 spiro atoms. The minimum atomic E-state index is 0.251. The summed E-state index contributed by atoms with van der Waals surface area (Å²) in [6, 6.07) is 10.3. The zero-order chi connectivity index (χ0) is 13.8. The van der Waals surface area contributed by atoms with Crippen LogP contribution in [0.15, 0.2) is 30.3 Å². The maximum Gasteiger partial charge on any atom is 0.254 e. The van der Waals surface area contributed by atoms with Crippen molar-refractivity contribution in [3.8, 4) is 0 Å². The van der Waals surface area contributed by atoms with E-state index in [9.17, 15) is 4.79 Å². The number of carbonyl (C=O) groups is 1. The van der Waals surface area contributed by atoms with E-state index in [4.69, 9.17) is 0 Å². The van der Waals surface area contributed by atoms with Crippen LogP contribution in [-0.2, 0) is 0 Å². The van der Waals surface area contributed by atoms with Crippen LogP contribution in [0.4, 0.5) is 0 Å². The molecule has 2 nitrogen and oxygen atoms in total. The van der Waals surface area contributed by atoms with Gasteiger partial charge in [0, 0.05) is 18.2 Å². The number of benzene rings is 1. The van der Waals surface area contributed by atoms with E-state index in [1.54, 1.807) is 0 Å². The molecule has 0 unspecified atom stereocenters. The highest BCUT2D eigenvalue weighted by atomic mass is 16.2. The van der Waals surface area contributed by atoms with Gasteiger partial charge in [0.25, 0.3) is 5.91 Å². The van der Waals surface area contributed by atoms with E-state index in [1.165, 1.54) is 51.4 Å². The van der Waals surface area contributed by atoms with E-state index >= 15 is 0 Å². The zero-order valence-corrected chi connectivity index (χ0v) is 12.3. The van der Waals surface area contributed by atoms with Gasteiger partial charge in [-0.3, -0.25) is 4.79 Å². The van der Waals surface area contributed by atoms with Crippen molar-refractivity contribution < 1.29 is 4.79 Å². The Bertz CT molecular complexity index is 436. The fourth-order valence-corrected chi connectivity index (χ4v) is 3.97. The maximum atomic E-state index is 12.8. The Balaban J connectivity index is 1.76. The van der Waals surface area contributed by atoms with Gasteiger partial charge in [-0.2, -0.15) is 0 Å². The molecule has 2 fully saturated rings. The van der Waals surface area contributed by atoms with Gasteiger partial charge in [-0.1, -0.05) is 37.5 Å². The predicted octanol–water partition coefficient (Wildman–Crippen LogP) is 4.26. The van der Waals surface area contributed by atoms with Gasteiger partial charge in [0.05, 0.1) is 0 Å². The molecule has 0 N–H and O–H groups in total. The van der Waals surface area contributed by atoms with Crippen molar-refractivity contribution in [3.05, 3.63) is 35.9 Å². The second-order valence-electron chi connectivity index (χ2n) is 6.33. The van der Waals surface area contributed by atoms with Crippen molar-refractivity contribution in [3.63, 3.8) is 0 Å². The van der Waals surface area contributed by atoms with Gasteiger partial charge in [-0.25, -0.2) is 0 Å². The average molecular weight is 271 g/mol. The highest BCUT2D eigenvalue weighted by molar-refractivity contribution is 5.94. The van der Waals surface area contributed by atoms with E-state index in [0.717, 1.165) is 18.0 Å². The normalized spacial score (nSPS) is 24.6. The molecule has 1 atom stereocenters. The SMILES string of the molecule is O=C(c1ccccc1)N1CCCC[C@@H]1C1CCCCC1. The number of rotatable bonds is 2. The standard InChI is InChI=1S/C18H25NO/c20-18(16-11-5-2-6-12-16)19-14-8-7-13-17(19)15-9-3-1-4-10-15/h2,5-6,11-12,15,17H,1,3-4,7-10,13-14H2/t17-/m1/s1. The van der Waals surface area contributed by atoms with Crippen LogP contribution in [0.1, 0.15) is 61.7 Å². The summed E-state index contributed by atoms with van der Waals surface area (Å²) < 4.78 is 0. The van der Waals surface area contributed by atoms with E-state index in [2.05, 4.69) is 4.90 Å². The summed E-state index contributed by atoms with van der Waals surface area (Å²) in [5, 5.41) is 0.